The van der Waals surface area contributed by atoms with E-state index in [9.17, 15) is 19.2 Å². The van der Waals surface area contributed by atoms with Crippen LogP contribution in [0.4, 0.5) is 0 Å². The van der Waals surface area contributed by atoms with Crippen molar-refractivity contribution in [3.63, 3.8) is 0 Å². The molecule has 0 aliphatic rings. The van der Waals surface area contributed by atoms with Crippen molar-refractivity contribution in [3.05, 3.63) is 0 Å². The highest BCUT2D eigenvalue weighted by molar-refractivity contribution is 5.97. The largest absolute Gasteiger partial charge is 0.466 e. The Labute approximate surface area is 106 Å². The second kappa shape index (κ2) is 9.32. The number of Topliss-reactive ketones (excluding diaryl/α,β-unsaturated/α-hetero) is 1. The second-order valence-electron chi connectivity index (χ2n) is 3.52. The van der Waals surface area contributed by atoms with Gasteiger partial charge in [0.2, 0.25) is 0 Å². The third-order valence-corrected chi connectivity index (χ3v) is 2.15. The summed E-state index contributed by atoms with van der Waals surface area (Å²) in [6, 6.07) is 0. The molecule has 0 heterocycles. The van der Waals surface area contributed by atoms with Gasteiger partial charge >= 0.3 is 11.9 Å². The monoisotopic (exact) mass is 258 g/mol. The van der Waals surface area contributed by atoms with Crippen LogP contribution in [0.25, 0.3) is 0 Å². The lowest BCUT2D eigenvalue weighted by atomic mass is 9.98. The summed E-state index contributed by atoms with van der Waals surface area (Å²) in [4.78, 5) is 44.4. The van der Waals surface area contributed by atoms with E-state index >= 15 is 0 Å². The molecule has 0 saturated carbocycles. The summed E-state index contributed by atoms with van der Waals surface area (Å²) >= 11 is 0. The molecule has 102 valence electrons. The van der Waals surface area contributed by atoms with Crippen molar-refractivity contribution in [1.29, 1.82) is 0 Å². The van der Waals surface area contributed by atoms with Crippen LogP contribution in [-0.4, -0.2) is 37.2 Å². The first kappa shape index (κ1) is 16.3. The summed E-state index contributed by atoms with van der Waals surface area (Å²) in [7, 11) is 0. The van der Waals surface area contributed by atoms with E-state index in [0.29, 0.717) is 6.29 Å². The maximum absolute atomic E-state index is 11.6. The van der Waals surface area contributed by atoms with Crippen LogP contribution in [0, 0.1) is 5.92 Å². The van der Waals surface area contributed by atoms with Gasteiger partial charge in [-0.2, -0.15) is 0 Å². The lowest BCUT2D eigenvalue weighted by Gasteiger charge is -2.08. The minimum atomic E-state index is -1.04. The fourth-order valence-electron chi connectivity index (χ4n) is 1.28. The first-order valence-corrected chi connectivity index (χ1v) is 5.84. The first-order chi connectivity index (χ1) is 8.54. The molecule has 0 aliphatic heterocycles. The Morgan fingerprint density at radius 3 is 2.06 bits per heavy atom. The second-order valence-corrected chi connectivity index (χ2v) is 3.52. The number of ether oxygens (including phenoxy) is 2. The Morgan fingerprint density at radius 1 is 1.00 bits per heavy atom. The third-order valence-electron chi connectivity index (χ3n) is 2.15. The normalized spacial score (nSPS) is 11.4. The molecule has 1 unspecified atom stereocenters. The van der Waals surface area contributed by atoms with E-state index < -0.39 is 23.6 Å². The number of hydrogen-bond acceptors (Lipinski definition) is 6. The maximum Gasteiger partial charge on any atom is 0.306 e. The van der Waals surface area contributed by atoms with Gasteiger partial charge in [0.25, 0.3) is 0 Å². The minimum Gasteiger partial charge on any atom is -0.466 e. The fourth-order valence-corrected chi connectivity index (χ4v) is 1.28. The van der Waals surface area contributed by atoms with Crippen molar-refractivity contribution in [2.24, 2.45) is 5.92 Å². The highest BCUT2D eigenvalue weighted by Gasteiger charge is 2.22. The predicted octanol–water partition coefficient (Wildman–Crippen LogP) is 0.667. The molecule has 0 aliphatic carbocycles. The Bertz CT molecular complexity index is 310. The quantitative estimate of drug-likeness (QED) is 0.343. The molecule has 0 rings (SSSR count). The average Bonchev–Trinajstić information content (AvgIpc) is 2.33. The van der Waals surface area contributed by atoms with Crippen LogP contribution in [0.1, 0.15) is 33.1 Å². The molecule has 0 aromatic carbocycles. The minimum absolute atomic E-state index is 0.0835. The standard InChI is InChI=1S/C12H18O6/c1-3-17-11(15)6-5-10(14)9(8-13)7-12(16)18-4-2/h8-9H,3-7H2,1-2H3. The lowest BCUT2D eigenvalue weighted by Crippen LogP contribution is -2.22. The third kappa shape index (κ3) is 6.78. The maximum atomic E-state index is 11.6. The number of carbonyl (C=O) groups excluding carboxylic acids is 4. The molecule has 6 nitrogen and oxygen atoms in total. The zero-order chi connectivity index (χ0) is 14.0. The highest BCUT2D eigenvalue weighted by atomic mass is 16.5. The molecule has 0 fully saturated rings. The zero-order valence-corrected chi connectivity index (χ0v) is 10.6. The number of rotatable bonds is 9. The van der Waals surface area contributed by atoms with E-state index in [4.69, 9.17) is 0 Å². The fraction of sp³-hybridized carbons (Fsp3) is 0.667. The highest BCUT2D eigenvalue weighted by Crippen LogP contribution is 2.08. The van der Waals surface area contributed by atoms with Gasteiger partial charge in [0.05, 0.1) is 32.0 Å². The van der Waals surface area contributed by atoms with E-state index in [1.165, 1.54) is 0 Å². The van der Waals surface area contributed by atoms with Gasteiger partial charge < -0.3 is 14.3 Å². The molecule has 0 amide bonds. The Balaban J connectivity index is 4.14. The Hall–Kier alpha value is -1.72. The summed E-state index contributed by atoms with van der Waals surface area (Å²) in [6.07, 6.45) is -0.0646. The predicted molar refractivity (Wildman–Crippen MR) is 61.7 cm³/mol. The van der Waals surface area contributed by atoms with Crippen molar-refractivity contribution in [2.75, 3.05) is 13.2 Å². The average molecular weight is 258 g/mol. The van der Waals surface area contributed by atoms with Gasteiger partial charge in [-0.15, -0.1) is 0 Å². The molecule has 0 bridgehead atoms. The van der Waals surface area contributed by atoms with Crippen LogP contribution in [-0.2, 0) is 28.7 Å². The van der Waals surface area contributed by atoms with Crippen molar-refractivity contribution in [2.45, 2.75) is 33.1 Å². The number of aldehydes is 1. The van der Waals surface area contributed by atoms with Gasteiger partial charge in [0.15, 0.2) is 0 Å². The van der Waals surface area contributed by atoms with Crippen LogP contribution >= 0.6 is 0 Å². The molecule has 1 atom stereocenters. The molecule has 0 spiro atoms. The Morgan fingerprint density at radius 2 is 1.56 bits per heavy atom. The van der Waals surface area contributed by atoms with E-state index in [-0.39, 0.29) is 32.5 Å². The van der Waals surface area contributed by atoms with Crippen molar-refractivity contribution in [3.8, 4) is 0 Å². The summed E-state index contributed by atoms with van der Waals surface area (Å²) in [5.41, 5.74) is 0. The molecular weight excluding hydrogens is 240 g/mol. The van der Waals surface area contributed by atoms with Crippen molar-refractivity contribution < 1.29 is 28.7 Å². The number of ketones is 1. The molecule has 0 aromatic rings. The van der Waals surface area contributed by atoms with Gasteiger partial charge in [-0.1, -0.05) is 0 Å². The Kier molecular flexibility index (Phi) is 8.43. The number of carbonyl (C=O) groups is 4. The van der Waals surface area contributed by atoms with Gasteiger partial charge in [-0.05, 0) is 13.8 Å². The molecule has 18 heavy (non-hydrogen) atoms. The van der Waals surface area contributed by atoms with Crippen LogP contribution in [0.2, 0.25) is 0 Å². The summed E-state index contributed by atoms with van der Waals surface area (Å²) in [6.45, 7) is 3.74. The van der Waals surface area contributed by atoms with Crippen molar-refractivity contribution in [1.82, 2.24) is 0 Å². The molecule has 0 radical (unpaired) electrons. The topological polar surface area (TPSA) is 86.7 Å². The van der Waals surface area contributed by atoms with Crippen LogP contribution < -0.4 is 0 Å². The molecule has 0 saturated heterocycles. The van der Waals surface area contributed by atoms with Gasteiger partial charge in [0, 0.05) is 6.42 Å². The van der Waals surface area contributed by atoms with E-state index in [0.717, 1.165) is 0 Å². The van der Waals surface area contributed by atoms with Gasteiger partial charge in [-0.3, -0.25) is 14.4 Å². The van der Waals surface area contributed by atoms with Crippen LogP contribution in [0.3, 0.4) is 0 Å². The van der Waals surface area contributed by atoms with Crippen LogP contribution in [0.15, 0.2) is 0 Å². The SMILES string of the molecule is CCOC(=O)CCC(=O)C(C=O)CC(=O)OCC. The van der Waals surface area contributed by atoms with Gasteiger partial charge in [0.1, 0.15) is 12.1 Å². The summed E-state index contributed by atoms with van der Waals surface area (Å²) in [5.74, 6) is -2.59. The van der Waals surface area contributed by atoms with Gasteiger partial charge in [-0.25, -0.2) is 0 Å². The summed E-state index contributed by atoms with van der Waals surface area (Å²) < 4.78 is 9.30. The first-order valence-electron chi connectivity index (χ1n) is 5.84. The van der Waals surface area contributed by atoms with Crippen molar-refractivity contribution >= 4 is 24.0 Å². The smallest absolute Gasteiger partial charge is 0.306 e. The molecular formula is C12H18O6. The zero-order valence-electron chi connectivity index (χ0n) is 10.6. The number of hydrogen-bond donors (Lipinski definition) is 0. The molecule has 0 N–H and O–H groups in total. The lowest BCUT2D eigenvalue weighted by molar-refractivity contribution is -0.148. The molecule has 0 aromatic heterocycles. The van der Waals surface area contributed by atoms with E-state index in [1.807, 2.05) is 0 Å². The van der Waals surface area contributed by atoms with E-state index in [2.05, 4.69) is 9.47 Å². The van der Waals surface area contributed by atoms with E-state index in [1.54, 1.807) is 13.8 Å². The summed E-state index contributed by atoms with van der Waals surface area (Å²) in [5, 5.41) is 0. The number of esters is 2. The molecule has 6 heteroatoms. The van der Waals surface area contributed by atoms with Crippen LogP contribution in [0.5, 0.6) is 0 Å².